The molecule has 0 aliphatic carbocycles. The molecule has 1 atom stereocenters. The van der Waals surface area contributed by atoms with E-state index in [1.54, 1.807) is 48.1 Å². The van der Waals surface area contributed by atoms with E-state index in [9.17, 15) is 21.6 Å². The van der Waals surface area contributed by atoms with Crippen LogP contribution in [-0.4, -0.2) is 65.0 Å². The number of carbonyl (C=O) groups excluding carboxylic acids is 1. The van der Waals surface area contributed by atoms with Crippen molar-refractivity contribution in [3.8, 4) is 16.9 Å². The number of para-hydroxylation sites is 1. The summed E-state index contributed by atoms with van der Waals surface area (Å²) in [6.07, 6.45) is 3.88. The van der Waals surface area contributed by atoms with Crippen molar-refractivity contribution >= 4 is 60.0 Å². The maximum absolute atomic E-state index is 13.3. The van der Waals surface area contributed by atoms with Crippen LogP contribution in [0.5, 0.6) is 0 Å². The third-order valence-corrected chi connectivity index (χ3v) is 11.1. The first-order valence-corrected chi connectivity index (χ1v) is 16.2. The summed E-state index contributed by atoms with van der Waals surface area (Å²) >= 11 is 6.58. The SMILES string of the molecule is CCS(=O)(=O)c1ccc(-c2nn(-c3ccccc3)cc2C=C2SC(=S)N(C3CCS(=O)(=O)C3)C2=O)cc1. The second-order valence-corrected chi connectivity index (χ2v) is 14.9. The number of benzene rings is 2. The zero-order chi connectivity index (χ0) is 26.4. The van der Waals surface area contributed by atoms with Crippen molar-refractivity contribution in [3.05, 3.63) is 71.3 Å². The largest absolute Gasteiger partial charge is 0.289 e. The summed E-state index contributed by atoms with van der Waals surface area (Å²) in [5, 5.41) is 4.74. The van der Waals surface area contributed by atoms with Crippen LogP contribution in [0.15, 0.2) is 70.6 Å². The molecule has 12 heteroatoms. The van der Waals surface area contributed by atoms with E-state index in [1.165, 1.54) is 4.90 Å². The van der Waals surface area contributed by atoms with E-state index in [4.69, 9.17) is 17.3 Å². The van der Waals surface area contributed by atoms with Crippen molar-refractivity contribution in [1.82, 2.24) is 14.7 Å². The minimum absolute atomic E-state index is 0.00433. The van der Waals surface area contributed by atoms with Gasteiger partial charge in [-0.3, -0.25) is 9.69 Å². The molecule has 2 aromatic carbocycles. The van der Waals surface area contributed by atoms with Crippen LogP contribution in [0.25, 0.3) is 23.0 Å². The minimum Gasteiger partial charge on any atom is -0.289 e. The van der Waals surface area contributed by atoms with Crippen molar-refractivity contribution in [2.75, 3.05) is 17.3 Å². The molecule has 0 saturated carbocycles. The molecule has 8 nitrogen and oxygen atoms in total. The summed E-state index contributed by atoms with van der Waals surface area (Å²) in [7, 11) is -6.53. The highest BCUT2D eigenvalue weighted by atomic mass is 32.2. The molecule has 37 heavy (non-hydrogen) atoms. The number of sulfone groups is 2. The van der Waals surface area contributed by atoms with Gasteiger partial charge in [0.15, 0.2) is 19.7 Å². The Kier molecular flexibility index (Phi) is 6.86. The predicted molar refractivity (Wildman–Crippen MR) is 149 cm³/mol. The lowest BCUT2D eigenvalue weighted by atomic mass is 10.1. The van der Waals surface area contributed by atoms with Crippen molar-refractivity contribution in [2.45, 2.75) is 24.3 Å². The summed E-state index contributed by atoms with van der Waals surface area (Å²) in [5.74, 6) is -0.354. The second-order valence-electron chi connectivity index (χ2n) is 8.75. The van der Waals surface area contributed by atoms with E-state index in [1.807, 2.05) is 30.3 Å². The van der Waals surface area contributed by atoms with Gasteiger partial charge in [0.25, 0.3) is 5.91 Å². The number of nitrogens with zero attached hydrogens (tertiary/aromatic N) is 3. The first-order chi connectivity index (χ1) is 17.6. The van der Waals surface area contributed by atoms with Gasteiger partial charge in [-0.2, -0.15) is 5.10 Å². The van der Waals surface area contributed by atoms with Crippen LogP contribution < -0.4 is 0 Å². The molecule has 0 bridgehead atoms. The molecule has 0 N–H and O–H groups in total. The van der Waals surface area contributed by atoms with Crippen LogP contribution in [0.2, 0.25) is 0 Å². The van der Waals surface area contributed by atoms with Crippen molar-refractivity contribution in [1.29, 1.82) is 0 Å². The summed E-state index contributed by atoms with van der Waals surface area (Å²) in [5.41, 5.74) is 2.72. The fourth-order valence-electron chi connectivity index (χ4n) is 4.33. The van der Waals surface area contributed by atoms with Gasteiger partial charge in [0.2, 0.25) is 0 Å². The molecule has 0 radical (unpaired) electrons. The van der Waals surface area contributed by atoms with Crippen LogP contribution in [0, 0.1) is 0 Å². The van der Waals surface area contributed by atoms with E-state index in [-0.39, 0.29) is 28.1 Å². The van der Waals surface area contributed by atoms with Gasteiger partial charge in [0, 0.05) is 17.3 Å². The monoisotopic (exact) mass is 573 g/mol. The zero-order valence-electron chi connectivity index (χ0n) is 19.8. The Morgan fingerprint density at radius 1 is 1.14 bits per heavy atom. The number of carbonyl (C=O) groups is 1. The van der Waals surface area contributed by atoms with Gasteiger partial charge in [-0.15, -0.1) is 0 Å². The lowest BCUT2D eigenvalue weighted by molar-refractivity contribution is -0.123. The van der Waals surface area contributed by atoms with Crippen LogP contribution in [0.3, 0.4) is 0 Å². The predicted octanol–water partition coefficient (Wildman–Crippen LogP) is 3.72. The average Bonchev–Trinajstić information content (AvgIpc) is 3.54. The molecule has 2 saturated heterocycles. The number of rotatable bonds is 6. The number of amides is 1. The molecule has 192 valence electrons. The number of thioether (sulfide) groups is 1. The van der Waals surface area contributed by atoms with E-state index in [0.717, 1.165) is 17.4 Å². The minimum atomic E-state index is -3.35. The quantitative estimate of drug-likeness (QED) is 0.325. The van der Waals surface area contributed by atoms with Crippen molar-refractivity contribution in [3.63, 3.8) is 0 Å². The topological polar surface area (TPSA) is 106 Å². The molecular weight excluding hydrogens is 551 g/mol. The molecule has 1 aromatic heterocycles. The average molecular weight is 574 g/mol. The normalized spacial score (nSPS) is 20.7. The third kappa shape index (κ3) is 5.15. The Morgan fingerprint density at radius 2 is 1.84 bits per heavy atom. The molecule has 0 spiro atoms. The third-order valence-electron chi connectivity index (χ3n) is 6.31. The number of thiocarbonyl (C=S) groups is 1. The molecule has 1 amide bonds. The van der Waals surface area contributed by atoms with Crippen molar-refractivity contribution in [2.24, 2.45) is 0 Å². The number of hydrogen-bond donors (Lipinski definition) is 0. The molecule has 5 rings (SSSR count). The molecule has 1 unspecified atom stereocenters. The Balaban J connectivity index is 1.55. The van der Waals surface area contributed by atoms with Crippen molar-refractivity contribution < 1.29 is 21.6 Å². The summed E-state index contributed by atoms with van der Waals surface area (Å²) in [6.45, 7) is 1.60. The summed E-state index contributed by atoms with van der Waals surface area (Å²) < 4.78 is 50.5. The fraction of sp³-hybridized carbons (Fsp3) is 0.240. The molecule has 3 aromatic rings. The van der Waals surface area contributed by atoms with Gasteiger partial charge < -0.3 is 0 Å². The zero-order valence-corrected chi connectivity index (χ0v) is 23.0. The number of hydrogen-bond acceptors (Lipinski definition) is 8. The maximum Gasteiger partial charge on any atom is 0.266 e. The highest BCUT2D eigenvalue weighted by Crippen LogP contribution is 2.37. The Hall–Kier alpha value is -2.80. The fourth-order valence-corrected chi connectivity index (χ4v) is 8.31. The van der Waals surface area contributed by atoms with E-state index in [0.29, 0.717) is 32.5 Å². The maximum atomic E-state index is 13.3. The van der Waals surface area contributed by atoms with Gasteiger partial charge in [0.05, 0.1) is 44.5 Å². The molecule has 3 heterocycles. The summed E-state index contributed by atoms with van der Waals surface area (Å²) in [4.78, 5) is 15.3. The van der Waals surface area contributed by atoms with E-state index in [2.05, 4.69) is 0 Å². The number of aromatic nitrogens is 2. The Morgan fingerprint density at radius 3 is 2.46 bits per heavy atom. The first kappa shape index (κ1) is 25.8. The smallest absolute Gasteiger partial charge is 0.266 e. The van der Waals surface area contributed by atoms with E-state index < -0.39 is 25.7 Å². The van der Waals surface area contributed by atoms with Crippen LogP contribution >= 0.6 is 24.0 Å². The first-order valence-electron chi connectivity index (χ1n) is 11.5. The van der Waals surface area contributed by atoms with Crippen LogP contribution in [0.1, 0.15) is 18.9 Å². The van der Waals surface area contributed by atoms with Crippen LogP contribution in [-0.2, 0) is 24.5 Å². The Labute approximate surface area is 225 Å². The Bertz CT molecular complexity index is 1630. The van der Waals surface area contributed by atoms with Gasteiger partial charge >= 0.3 is 0 Å². The van der Waals surface area contributed by atoms with Gasteiger partial charge in [-0.1, -0.05) is 61.2 Å². The lowest BCUT2D eigenvalue weighted by Crippen LogP contribution is -2.39. The molecule has 2 aliphatic heterocycles. The van der Waals surface area contributed by atoms with E-state index >= 15 is 0 Å². The highest BCUT2D eigenvalue weighted by molar-refractivity contribution is 8.26. The van der Waals surface area contributed by atoms with Gasteiger partial charge in [-0.25, -0.2) is 21.5 Å². The van der Waals surface area contributed by atoms with Gasteiger partial charge in [0.1, 0.15) is 4.32 Å². The second kappa shape index (κ2) is 9.82. The molecular formula is C25H23N3O5S4. The lowest BCUT2D eigenvalue weighted by Gasteiger charge is -2.20. The summed E-state index contributed by atoms with van der Waals surface area (Å²) in [6, 6.07) is 15.5. The standard InChI is InChI=1S/C25H23N3O5S4/c1-2-37(32,33)21-10-8-17(9-11-21)23-18(15-27(26-23)19-6-4-3-5-7-19)14-22-24(29)28(25(34)35-22)20-12-13-36(30,31)16-20/h3-11,14-15,20H,2,12-13,16H2,1H3. The molecule has 2 fully saturated rings. The van der Waals surface area contributed by atoms with Gasteiger partial charge in [-0.05, 0) is 36.8 Å². The molecule has 2 aliphatic rings. The highest BCUT2D eigenvalue weighted by Gasteiger charge is 2.42. The van der Waals surface area contributed by atoms with Crippen LogP contribution in [0.4, 0.5) is 0 Å².